The molecule has 0 bridgehead atoms. The number of nitrogens with one attached hydrogen (secondary N) is 1. The van der Waals surface area contributed by atoms with Crippen LogP contribution in [0.1, 0.15) is 58.8 Å². The normalized spacial score (nSPS) is 12.8. The number of aliphatic carboxylic acids is 1. The number of aliphatic hydroxyl groups is 1. The van der Waals surface area contributed by atoms with Crippen molar-refractivity contribution in [2.75, 3.05) is 6.61 Å². The Morgan fingerprint density at radius 2 is 1.63 bits per heavy atom. The molecule has 51 heavy (non-hydrogen) atoms. The fourth-order valence-electron chi connectivity index (χ4n) is 5.75. The van der Waals surface area contributed by atoms with Crippen molar-refractivity contribution in [2.45, 2.75) is 59.0 Å². The quantitative estimate of drug-likeness (QED) is 0.0913. The number of halogens is 1. The van der Waals surface area contributed by atoms with E-state index >= 15 is 0 Å². The molecule has 1 aromatic heterocycles. The van der Waals surface area contributed by atoms with Gasteiger partial charge in [0.15, 0.2) is 0 Å². The van der Waals surface area contributed by atoms with E-state index in [1.807, 2.05) is 31.2 Å². The largest absolute Gasteiger partial charge is 0.488 e. The van der Waals surface area contributed by atoms with Gasteiger partial charge >= 0.3 is 5.97 Å². The van der Waals surface area contributed by atoms with E-state index in [1.165, 1.54) is 13.1 Å². The maximum absolute atomic E-state index is 11.8. The summed E-state index contributed by atoms with van der Waals surface area (Å²) in [6.45, 7) is 7.30. The number of hydrogen-bond acceptors (Lipinski definition) is 8. The molecule has 0 aliphatic heterocycles. The number of ether oxygens (including phenoxy) is 2. The van der Waals surface area contributed by atoms with Crippen LogP contribution in [0.3, 0.4) is 0 Å². The molecule has 0 spiro atoms. The van der Waals surface area contributed by atoms with Gasteiger partial charge < -0.3 is 25.4 Å². The number of hydrogen-bond donors (Lipinski definition) is 4. The van der Waals surface area contributed by atoms with Gasteiger partial charge in [-0.05, 0) is 90.4 Å². The zero-order valence-corrected chi connectivity index (χ0v) is 29.8. The first-order valence-electron chi connectivity index (χ1n) is 16.5. The Hall–Kier alpha value is -5.24. The SMILES string of the molecule is Cc1c(COc2cc(OCc3cncc(C#N)c3)c(CNC(C)(CO)C(=O)O)cc2Cl)cccc1-c1cccc(-c2cccc([C@H](C)N)c2)c1C. The van der Waals surface area contributed by atoms with E-state index in [0.717, 1.165) is 44.5 Å². The van der Waals surface area contributed by atoms with Crippen molar-refractivity contribution < 1.29 is 24.5 Å². The number of aliphatic hydroxyl groups excluding tert-OH is 1. The van der Waals surface area contributed by atoms with Crippen LogP contribution in [0.2, 0.25) is 5.02 Å². The lowest BCUT2D eigenvalue weighted by Crippen LogP contribution is -2.52. The summed E-state index contributed by atoms with van der Waals surface area (Å²) >= 11 is 6.74. The van der Waals surface area contributed by atoms with Gasteiger partial charge in [-0.1, -0.05) is 66.2 Å². The van der Waals surface area contributed by atoms with Crippen LogP contribution in [-0.4, -0.2) is 33.3 Å². The number of benzene rings is 4. The molecule has 5 N–H and O–H groups in total. The third-order valence-electron chi connectivity index (χ3n) is 9.07. The minimum absolute atomic E-state index is 0.0320. The molecule has 5 aromatic rings. The van der Waals surface area contributed by atoms with Crippen LogP contribution in [0.25, 0.3) is 22.3 Å². The lowest BCUT2D eigenvalue weighted by atomic mass is 9.89. The van der Waals surface area contributed by atoms with Crippen LogP contribution >= 0.6 is 11.6 Å². The van der Waals surface area contributed by atoms with E-state index in [0.29, 0.717) is 33.2 Å². The molecule has 0 amide bonds. The van der Waals surface area contributed by atoms with Gasteiger partial charge in [0.2, 0.25) is 0 Å². The minimum atomic E-state index is -1.59. The van der Waals surface area contributed by atoms with Crippen LogP contribution in [-0.2, 0) is 24.6 Å². The molecule has 262 valence electrons. The smallest absolute Gasteiger partial charge is 0.326 e. The van der Waals surface area contributed by atoms with Gasteiger partial charge in [0, 0.05) is 42.2 Å². The van der Waals surface area contributed by atoms with Crippen LogP contribution in [0.4, 0.5) is 0 Å². The molecule has 5 rings (SSSR count). The summed E-state index contributed by atoms with van der Waals surface area (Å²) < 4.78 is 12.5. The Morgan fingerprint density at radius 1 is 0.941 bits per heavy atom. The number of pyridine rings is 1. The van der Waals surface area contributed by atoms with E-state index in [4.69, 9.17) is 26.8 Å². The predicted octanol–water partition coefficient (Wildman–Crippen LogP) is 7.66. The van der Waals surface area contributed by atoms with Crippen molar-refractivity contribution in [1.82, 2.24) is 10.3 Å². The maximum Gasteiger partial charge on any atom is 0.326 e. The zero-order chi connectivity index (χ0) is 36.7. The van der Waals surface area contributed by atoms with Gasteiger partial charge in [0.05, 0.1) is 17.2 Å². The molecule has 2 atom stereocenters. The highest BCUT2D eigenvalue weighted by molar-refractivity contribution is 6.32. The summed E-state index contributed by atoms with van der Waals surface area (Å²) in [5.41, 5.74) is 15.0. The van der Waals surface area contributed by atoms with E-state index < -0.39 is 18.1 Å². The number of nitrogens with two attached hydrogens (primary N) is 1. The van der Waals surface area contributed by atoms with Gasteiger partial charge in [0.25, 0.3) is 0 Å². The van der Waals surface area contributed by atoms with Crippen LogP contribution < -0.4 is 20.5 Å². The summed E-state index contributed by atoms with van der Waals surface area (Å²) in [5.74, 6) is -0.437. The van der Waals surface area contributed by atoms with Crippen LogP contribution in [0.15, 0.2) is 91.3 Å². The number of carboxylic acids is 1. The molecule has 0 fully saturated rings. The number of nitrogens with zero attached hydrogens (tertiary/aromatic N) is 2. The highest BCUT2D eigenvalue weighted by Crippen LogP contribution is 2.37. The van der Waals surface area contributed by atoms with E-state index in [2.05, 4.69) is 66.6 Å². The van der Waals surface area contributed by atoms with Crippen molar-refractivity contribution in [3.05, 3.63) is 135 Å². The lowest BCUT2D eigenvalue weighted by Gasteiger charge is -2.25. The number of carbonyl (C=O) groups is 1. The average molecular weight is 705 g/mol. The third kappa shape index (κ3) is 8.56. The van der Waals surface area contributed by atoms with Gasteiger partial charge in [-0.15, -0.1) is 0 Å². The zero-order valence-electron chi connectivity index (χ0n) is 29.0. The van der Waals surface area contributed by atoms with Crippen molar-refractivity contribution >= 4 is 17.6 Å². The van der Waals surface area contributed by atoms with Gasteiger partial charge in [0.1, 0.15) is 36.3 Å². The highest BCUT2D eigenvalue weighted by Gasteiger charge is 2.32. The van der Waals surface area contributed by atoms with Crippen molar-refractivity contribution in [3.8, 4) is 39.8 Å². The third-order valence-corrected chi connectivity index (χ3v) is 9.36. The summed E-state index contributed by atoms with van der Waals surface area (Å²) in [6.07, 6.45) is 3.06. The van der Waals surface area contributed by atoms with E-state index in [1.54, 1.807) is 24.4 Å². The first-order valence-corrected chi connectivity index (χ1v) is 16.9. The molecule has 0 aliphatic rings. The molecule has 0 radical (unpaired) electrons. The number of aromatic nitrogens is 1. The van der Waals surface area contributed by atoms with Crippen LogP contribution in [0.5, 0.6) is 11.5 Å². The van der Waals surface area contributed by atoms with Gasteiger partial charge in [-0.2, -0.15) is 5.26 Å². The fourth-order valence-corrected chi connectivity index (χ4v) is 5.99. The molecule has 9 nitrogen and oxygen atoms in total. The highest BCUT2D eigenvalue weighted by atomic mass is 35.5. The molecule has 0 saturated heterocycles. The van der Waals surface area contributed by atoms with E-state index in [-0.39, 0.29) is 25.8 Å². The summed E-state index contributed by atoms with van der Waals surface area (Å²) in [7, 11) is 0. The second-order valence-electron chi connectivity index (χ2n) is 12.8. The maximum atomic E-state index is 11.8. The first-order chi connectivity index (χ1) is 24.4. The fraction of sp³-hybridized carbons (Fsp3) is 0.244. The van der Waals surface area contributed by atoms with Crippen molar-refractivity contribution in [3.63, 3.8) is 0 Å². The van der Waals surface area contributed by atoms with Gasteiger partial charge in [-0.25, -0.2) is 0 Å². The Bertz CT molecular complexity index is 2090. The Labute approximate surface area is 303 Å². The Kier molecular flexibility index (Phi) is 11.8. The minimum Gasteiger partial charge on any atom is -0.488 e. The van der Waals surface area contributed by atoms with Crippen molar-refractivity contribution in [2.24, 2.45) is 5.73 Å². The Balaban J connectivity index is 1.42. The first kappa shape index (κ1) is 37.0. The van der Waals surface area contributed by atoms with E-state index in [9.17, 15) is 20.3 Å². The molecule has 0 aliphatic carbocycles. The summed E-state index contributed by atoms with van der Waals surface area (Å²) in [5, 5.41) is 31.9. The molecule has 1 unspecified atom stereocenters. The summed E-state index contributed by atoms with van der Waals surface area (Å²) in [6, 6.07) is 27.8. The molecule has 0 saturated carbocycles. The van der Waals surface area contributed by atoms with Gasteiger partial charge in [-0.3, -0.25) is 15.1 Å². The number of carboxylic acid groups (broad SMARTS) is 1. The molecule has 10 heteroatoms. The summed E-state index contributed by atoms with van der Waals surface area (Å²) in [4.78, 5) is 15.9. The number of nitriles is 1. The Morgan fingerprint density at radius 3 is 2.33 bits per heavy atom. The second kappa shape index (κ2) is 16.2. The predicted molar refractivity (Wildman–Crippen MR) is 198 cm³/mol. The topological polar surface area (TPSA) is 151 Å². The molecular weight excluding hydrogens is 664 g/mol. The molecular formula is C41H41ClN4O5. The second-order valence-corrected chi connectivity index (χ2v) is 13.2. The average Bonchev–Trinajstić information content (AvgIpc) is 3.13. The van der Waals surface area contributed by atoms with Crippen molar-refractivity contribution in [1.29, 1.82) is 5.26 Å². The standard InChI is InChI=1S/C41H41ClN4O5/c1-25-32(10-6-12-35(25)36-13-7-11-34(26(36)2)31-9-5-8-30(15-31)27(3)44)23-51-39-17-38(50-22-29-14-28(18-43)19-45-20-29)33(16-37(39)42)21-46-41(4,24-47)40(48)49/h5-17,19-20,27,46-47H,21-24,44H2,1-4H3,(H,48,49)/t27-,41?/m0/s1. The lowest BCUT2D eigenvalue weighted by molar-refractivity contribution is -0.145. The monoisotopic (exact) mass is 704 g/mol. The molecule has 1 heterocycles. The van der Waals surface area contributed by atoms with Crippen LogP contribution in [0, 0.1) is 25.2 Å². The molecule has 4 aromatic carbocycles. The number of rotatable bonds is 14.